The quantitative estimate of drug-likeness (QED) is 0.900. The lowest BCUT2D eigenvalue weighted by molar-refractivity contribution is 0.585. The fourth-order valence-electron chi connectivity index (χ4n) is 1.71. The van der Waals surface area contributed by atoms with E-state index in [2.05, 4.69) is 9.71 Å². The highest BCUT2D eigenvalue weighted by Gasteiger charge is 2.20. The molecule has 0 spiro atoms. The van der Waals surface area contributed by atoms with Gasteiger partial charge in [-0.25, -0.2) is 17.8 Å². The second kappa shape index (κ2) is 5.56. The Balaban J connectivity index is 2.41. The van der Waals surface area contributed by atoms with Crippen LogP contribution in [-0.2, 0) is 16.6 Å². The molecule has 1 heterocycles. The van der Waals surface area contributed by atoms with Crippen LogP contribution < -0.4 is 10.5 Å². The van der Waals surface area contributed by atoms with E-state index in [9.17, 15) is 12.8 Å². The fourth-order valence-corrected chi connectivity index (χ4v) is 2.98. The average molecular weight is 295 g/mol. The van der Waals surface area contributed by atoms with E-state index >= 15 is 0 Å². The number of halogens is 1. The fraction of sp³-hybridized carbons (Fsp3) is 0.154. The van der Waals surface area contributed by atoms with Gasteiger partial charge >= 0.3 is 0 Å². The van der Waals surface area contributed by atoms with Crippen molar-refractivity contribution in [3.8, 4) is 0 Å². The summed E-state index contributed by atoms with van der Waals surface area (Å²) in [6, 6.07) is 7.06. The number of hydrogen-bond donors (Lipinski definition) is 2. The molecule has 0 bridgehead atoms. The zero-order valence-electron chi connectivity index (χ0n) is 10.8. The Bertz CT molecular complexity index is 715. The van der Waals surface area contributed by atoms with Crippen LogP contribution >= 0.6 is 0 Å². The number of rotatable bonds is 4. The number of aryl methyl sites for hydroxylation is 1. The van der Waals surface area contributed by atoms with Crippen LogP contribution in [0.15, 0.2) is 41.4 Å². The topological polar surface area (TPSA) is 85.1 Å². The van der Waals surface area contributed by atoms with Crippen LogP contribution in [0.25, 0.3) is 0 Å². The molecular weight excluding hydrogens is 281 g/mol. The Morgan fingerprint density at radius 2 is 2.05 bits per heavy atom. The normalized spacial score (nSPS) is 11.3. The Morgan fingerprint density at radius 3 is 2.65 bits per heavy atom. The van der Waals surface area contributed by atoms with E-state index in [1.807, 2.05) is 6.92 Å². The highest BCUT2D eigenvalue weighted by atomic mass is 32.2. The van der Waals surface area contributed by atoms with Gasteiger partial charge in [0.25, 0.3) is 10.0 Å². The predicted molar refractivity (Wildman–Crippen MR) is 74.1 cm³/mol. The molecule has 0 amide bonds. The molecule has 0 atom stereocenters. The van der Waals surface area contributed by atoms with Gasteiger partial charge in [0.2, 0.25) is 0 Å². The molecule has 0 aliphatic rings. The molecule has 3 N–H and O–H groups in total. The number of nitrogens with zero attached hydrogens (tertiary/aromatic N) is 1. The average Bonchev–Trinajstić information content (AvgIpc) is 2.41. The van der Waals surface area contributed by atoms with Crippen LogP contribution in [0.5, 0.6) is 0 Å². The van der Waals surface area contributed by atoms with Gasteiger partial charge in [0.15, 0.2) is 0 Å². The first kappa shape index (κ1) is 14.4. The molecular formula is C13H14FN3O2S. The number of benzene rings is 1. The molecule has 0 radical (unpaired) electrons. The summed E-state index contributed by atoms with van der Waals surface area (Å²) >= 11 is 0. The van der Waals surface area contributed by atoms with Crippen molar-refractivity contribution in [3.63, 3.8) is 0 Å². The summed E-state index contributed by atoms with van der Waals surface area (Å²) in [5.41, 5.74) is 6.27. The Labute approximate surface area is 116 Å². The van der Waals surface area contributed by atoms with Crippen molar-refractivity contribution in [1.82, 2.24) is 4.98 Å². The van der Waals surface area contributed by atoms with Crippen LogP contribution in [0, 0.1) is 12.7 Å². The van der Waals surface area contributed by atoms with Crippen LogP contribution in [0.2, 0.25) is 0 Å². The number of anilines is 1. The summed E-state index contributed by atoms with van der Waals surface area (Å²) in [6.45, 7) is 1.63. The molecule has 0 saturated heterocycles. The lowest BCUT2D eigenvalue weighted by atomic mass is 10.2. The number of nitrogens with two attached hydrogens (primary N) is 1. The highest BCUT2D eigenvalue weighted by Crippen LogP contribution is 2.20. The summed E-state index contributed by atoms with van der Waals surface area (Å²) in [7, 11) is -3.92. The number of aromatic nitrogens is 1. The molecule has 0 unspecified atom stereocenters. The summed E-state index contributed by atoms with van der Waals surface area (Å²) in [5.74, 6) is -0.477. The molecule has 1 aromatic carbocycles. The highest BCUT2D eigenvalue weighted by molar-refractivity contribution is 7.92. The van der Waals surface area contributed by atoms with Crippen molar-refractivity contribution in [2.45, 2.75) is 18.4 Å². The molecule has 2 aromatic rings. The first-order chi connectivity index (χ1) is 9.44. The minimum atomic E-state index is -3.92. The van der Waals surface area contributed by atoms with E-state index in [1.54, 1.807) is 6.07 Å². The second-order valence-corrected chi connectivity index (χ2v) is 5.90. The second-order valence-electron chi connectivity index (χ2n) is 4.25. The van der Waals surface area contributed by atoms with Crippen molar-refractivity contribution >= 4 is 15.8 Å². The molecule has 0 saturated carbocycles. The molecule has 0 fully saturated rings. The number of hydrogen-bond acceptors (Lipinski definition) is 4. The summed E-state index contributed by atoms with van der Waals surface area (Å²) in [5, 5.41) is 0. The van der Waals surface area contributed by atoms with Gasteiger partial charge in [0.1, 0.15) is 11.6 Å². The standard InChI is InChI=1S/C13H14FN3O2S/c1-9-5-6-13(16-8-9)17-20(18,19)12-4-2-3-11(14)10(12)7-15/h2-6,8H,7,15H2,1H3,(H,16,17). The van der Waals surface area contributed by atoms with Gasteiger partial charge in [-0.05, 0) is 30.7 Å². The molecule has 106 valence electrons. The monoisotopic (exact) mass is 295 g/mol. The Hall–Kier alpha value is -1.99. The number of pyridine rings is 1. The van der Waals surface area contributed by atoms with E-state index in [0.717, 1.165) is 5.56 Å². The molecule has 1 aromatic heterocycles. The zero-order chi connectivity index (χ0) is 14.8. The molecule has 0 aliphatic heterocycles. The molecule has 7 heteroatoms. The molecule has 5 nitrogen and oxygen atoms in total. The van der Waals surface area contributed by atoms with Crippen molar-refractivity contribution in [1.29, 1.82) is 0 Å². The Morgan fingerprint density at radius 1 is 1.30 bits per heavy atom. The maximum Gasteiger partial charge on any atom is 0.263 e. The van der Waals surface area contributed by atoms with Crippen molar-refractivity contribution < 1.29 is 12.8 Å². The van der Waals surface area contributed by atoms with E-state index in [1.165, 1.54) is 30.5 Å². The van der Waals surface area contributed by atoms with Gasteiger partial charge in [0.05, 0.1) is 4.90 Å². The van der Waals surface area contributed by atoms with E-state index in [0.29, 0.717) is 0 Å². The number of sulfonamides is 1. The van der Waals surface area contributed by atoms with Crippen molar-refractivity contribution in [2.75, 3.05) is 4.72 Å². The van der Waals surface area contributed by atoms with Gasteiger partial charge in [-0.1, -0.05) is 12.1 Å². The third kappa shape index (κ3) is 2.94. The SMILES string of the molecule is Cc1ccc(NS(=O)(=O)c2cccc(F)c2CN)nc1. The van der Waals surface area contributed by atoms with Gasteiger partial charge in [-0.2, -0.15) is 0 Å². The molecule has 2 rings (SSSR count). The minimum absolute atomic E-state index is 0.0490. The van der Waals surface area contributed by atoms with E-state index in [4.69, 9.17) is 5.73 Å². The third-order valence-corrected chi connectivity index (χ3v) is 4.16. The van der Waals surface area contributed by atoms with Gasteiger partial charge in [-0.15, -0.1) is 0 Å². The van der Waals surface area contributed by atoms with Crippen LogP contribution in [0.3, 0.4) is 0 Å². The first-order valence-electron chi connectivity index (χ1n) is 5.87. The summed E-state index contributed by atoms with van der Waals surface area (Å²) < 4.78 is 40.4. The maximum absolute atomic E-state index is 13.6. The van der Waals surface area contributed by atoms with Gasteiger partial charge < -0.3 is 5.73 Å². The predicted octanol–water partition coefficient (Wildman–Crippen LogP) is 1.79. The lowest BCUT2D eigenvalue weighted by Gasteiger charge is -2.11. The van der Waals surface area contributed by atoms with Crippen molar-refractivity contribution in [3.05, 3.63) is 53.5 Å². The number of nitrogens with one attached hydrogen (secondary N) is 1. The van der Waals surface area contributed by atoms with Gasteiger partial charge in [-0.3, -0.25) is 4.72 Å². The van der Waals surface area contributed by atoms with E-state index in [-0.39, 0.29) is 22.8 Å². The first-order valence-corrected chi connectivity index (χ1v) is 7.35. The van der Waals surface area contributed by atoms with Crippen LogP contribution in [0.1, 0.15) is 11.1 Å². The minimum Gasteiger partial charge on any atom is -0.326 e. The Kier molecular flexibility index (Phi) is 4.01. The molecule has 20 heavy (non-hydrogen) atoms. The van der Waals surface area contributed by atoms with Crippen LogP contribution in [0.4, 0.5) is 10.2 Å². The zero-order valence-corrected chi connectivity index (χ0v) is 11.6. The third-order valence-electron chi connectivity index (χ3n) is 2.72. The van der Waals surface area contributed by atoms with Crippen molar-refractivity contribution in [2.24, 2.45) is 5.73 Å². The van der Waals surface area contributed by atoms with Crippen LogP contribution in [-0.4, -0.2) is 13.4 Å². The maximum atomic E-state index is 13.6. The van der Waals surface area contributed by atoms with E-state index < -0.39 is 15.8 Å². The summed E-state index contributed by atoms with van der Waals surface area (Å²) in [6.07, 6.45) is 1.53. The smallest absolute Gasteiger partial charge is 0.263 e. The lowest BCUT2D eigenvalue weighted by Crippen LogP contribution is -2.18. The summed E-state index contributed by atoms with van der Waals surface area (Å²) in [4.78, 5) is 3.77. The molecule has 0 aliphatic carbocycles. The largest absolute Gasteiger partial charge is 0.326 e. The van der Waals surface area contributed by atoms with Gasteiger partial charge in [0, 0.05) is 18.3 Å².